The minimum atomic E-state index is -3.51. The summed E-state index contributed by atoms with van der Waals surface area (Å²) in [6.45, 7) is 2.67. The zero-order valence-electron chi connectivity index (χ0n) is 15.7. The second kappa shape index (κ2) is 7.94. The van der Waals surface area contributed by atoms with Gasteiger partial charge < -0.3 is 14.2 Å². The van der Waals surface area contributed by atoms with E-state index in [9.17, 15) is 8.42 Å². The lowest BCUT2D eigenvalue weighted by Crippen LogP contribution is -2.42. The fourth-order valence-corrected chi connectivity index (χ4v) is 4.67. The molecule has 1 N–H and O–H groups in total. The predicted molar refractivity (Wildman–Crippen MR) is 102 cm³/mol. The smallest absolute Gasteiger partial charge is 0.274 e. The normalized spacial score (nSPS) is 20.0. The number of pyridine rings is 1. The highest BCUT2D eigenvalue weighted by molar-refractivity contribution is 7.89. The summed E-state index contributed by atoms with van der Waals surface area (Å²) in [5, 5.41) is 0. The highest BCUT2D eigenvalue weighted by Crippen LogP contribution is 2.31. The third kappa shape index (κ3) is 3.91. The van der Waals surface area contributed by atoms with Crippen molar-refractivity contribution in [2.45, 2.75) is 11.0 Å². The van der Waals surface area contributed by atoms with Crippen LogP contribution in [0.5, 0.6) is 11.5 Å². The zero-order chi connectivity index (χ0) is 19.6. The van der Waals surface area contributed by atoms with E-state index in [2.05, 4.69) is 4.98 Å². The molecule has 0 aliphatic carbocycles. The Hall–Kier alpha value is -2.36. The van der Waals surface area contributed by atoms with Gasteiger partial charge in [0.1, 0.15) is 24.2 Å². The first-order valence-corrected chi connectivity index (χ1v) is 10.7. The van der Waals surface area contributed by atoms with Crippen molar-refractivity contribution in [1.29, 1.82) is 0 Å². The number of anilines is 1. The molecule has 9 heteroatoms. The van der Waals surface area contributed by atoms with Crippen LogP contribution in [0.2, 0.25) is 0 Å². The number of benzene rings is 1. The summed E-state index contributed by atoms with van der Waals surface area (Å²) < 4.78 is 43.8. The quantitative estimate of drug-likeness (QED) is 0.731. The first kappa shape index (κ1) is 19.0. The van der Waals surface area contributed by atoms with E-state index in [1.807, 2.05) is 36.2 Å². The average Bonchev–Trinajstić information content (AvgIpc) is 2.74. The van der Waals surface area contributed by atoms with Crippen LogP contribution in [0.15, 0.2) is 47.5 Å². The van der Waals surface area contributed by atoms with E-state index in [0.717, 1.165) is 17.3 Å². The zero-order valence-corrected chi connectivity index (χ0v) is 16.5. The maximum atomic E-state index is 12.7. The number of rotatable bonds is 5. The third-order valence-corrected chi connectivity index (χ3v) is 6.73. The molecule has 0 amide bonds. The maximum Gasteiger partial charge on any atom is 0.274 e. The predicted octanol–water partition coefficient (Wildman–Crippen LogP) is 0.798. The standard InChI is InChI=1S/C19H23N3O5S/c1-21(13-15-14-26-17-4-2-3-5-18(17)27-15)19-7-6-16(12-20-19)28(23,24)22-8-10-25-11-9-22/h2-7,12,15H,8-11,13-14H2,1H3/p+1/t15-/m0/s1. The van der Waals surface area contributed by atoms with Gasteiger partial charge in [-0.1, -0.05) is 12.1 Å². The van der Waals surface area contributed by atoms with Gasteiger partial charge in [0.2, 0.25) is 10.0 Å². The Morgan fingerprint density at radius 2 is 1.89 bits per heavy atom. The van der Waals surface area contributed by atoms with Gasteiger partial charge in [0, 0.05) is 19.2 Å². The van der Waals surface area contributed by atoms with Gasteiger partial charge in [-0.3, -0.25) is 4.90 Å². The molecule has 3 heterocycles. The van der Waals surface area contributed by atoms with Crippen LogP contribution in [-0.2, 0) is 14.8 Å². The molecule has 0 saturated carbocycles. The van der Waals surface area contributed by atoms with E-state index >= 15 is 0 Å². The van der Waals surface area contributed by atoms with E-state index in [0.29, 0.717) is 39.5 Å². The number of aromatic amines is 1. The number of sulfonamides is 1. The molecule has 8 nitrogen and oxygen atoms in total. The highest BCUT2D eigenvalue weighted by atomic mass is 32.2. The molecule has 1 aromatic heterocycles. The molecular weight excluding hydrogens is 382 g/mol. The van der Waals surface area contributed by atoms with E-state index in [1.165, 1.54) is 10.5 Å². The van der Waals surface area contributed by atoms with Crippen molar-refractivity contribution in [2.24, 2.45) is 0 Å². The molecule has 2 aliphatic heterocycles. The van der Waals surface area contributed by atoms with Gasteiger partial charge in [-0.15, -0.1) is 0 Å². The van der Waals surface area contributed by atoms with Gasteiger partial charge in [-0.25, -0.2) is 13.4 Å². The fourth-order valence-electron chi connectivity index (χ4n) is 3.29. The summed E-state index contributed by atoms with van der Waals surface area (Å²) in [6.07, 6.45) is 1.41. The van der Waals surface area contributed by atoms with Crippen molar-refractivity contribution >= 4 is 15.8 Å². The van der Waals surface area contributed by atoms with Crippen molar-refractivity contribution in [2.75, 3.05) is 51.4 Å². The number of para-hydroxylation sites is 2. The minimum absolute atomic E-state index is 0.120. The Labute approximate surface area is 164 Å². The second-order valence-corrected chi connectivity index (χ2v) is 8.74. The highest BCUT2D eigenvalue weighted by Gasteiger charge is 2.29. The Balaban J connectivity index is 1.41. The molecule has 4 rings (SSSR count). The third-order valence-electron chi connectivity index (χ3n) is 4.83. The van der Waals surface area contributed by atoms with Gasteiger partial charge in [0.15, 0.2) is 17.6 Å². The number of likely N-dealkylation sites (N-methyl/N-ethyl adjacent to an activating group) is 1. The fraction of sp³-hybridized carbons (Fsp3) is 0.421. The van der Waals surface area contributed by atoms with Crippen LogP contribution in [0.25, 0.3) is 0 Å². The second-order valence-electron chi connectivity index (χ2n) is 6.80. The van der Waals surface area contributed by atoms with Crippen LogP contribution >= 0.6 is 0 Å². The maximum absolute atomic E-state index is 12.7. The molecule has 2 aliphatic rings. The Bertz CT molecular complexity index is 913. The lowest BCUT2D eigenvalue weighted by atomic mass is 10.2. The molecule has 1 aromatic carbocycles. The van der Waals surface area contributed by atoms with Gasteiger partial charge in [0.25, 0.3) is 5.82 Å². The van der Waals surface area contributed by atoms with Crippen LogP contribution in [0, 0.1) is 0 Å². The molecule has 1 saturated heterocycles. The summed E-state index contributed by atoms with van der Waals surface area (Å²) in [7, 11) is -1.58. The van der Waals surface area contributed by atoms with Gasteiger partial charge in [-0.2, -0.15) is 4.31 Å². The first-order valence-electron chi connectivity index (χ1n) is 9.23. The molecular formula is C19H24N3O5S+. The topological polar surface area (TPSA) is 82.5 Å². The van der Waals surface area contributed by atoms with E-state index in [1.54, 1.807) is 12.1 Å². The number of H-pyrrole nitrogens is 1. The molecule has 28 heavy (non-hydrogen) atoms. The molecule has 1 fully saturated rings. The van der Waals surface area contributed by atoms with Crippen molar-refractivity contribution in [1.82, 2.24) is 4.31 Å². The number of nitrogens with zero attached hydrogens (tertiary/aromatic N) is 2. The summed E-state index contributed by atoms with van der Waals surface area (Å²) in [5.41, 5.74) is 0. The molecule has 150 valence electrons. The van der Waals surface area contributed by atoms with Gasteiger partial charge in [-0.05, 0) is 18.2 Å². The first-order chi connectivity index (χ1) is 13.5. The summed E-state index contributed by atoms with van der Waals surface area (Å²) in [5.74, 6) is 2.29. The Morgan fingerprint density at radius 3 is 2.61 bits per heavy atom. The summed E-state index contributed by atoms with van der Waals surface area (Å²) in [6, 6.07) is 11.0. The average molecular weight is 406 g/mol. The number of nitrogens with one attached hydrogen (secondary N) is 1. The largest absolute Gasteiger partial charge is 0.486 e. The number of aromatic nitrogens is 1. The lowest BCUT2D eigenvalue weighted by molar-refractivity contribution is -0.367. The van der Waals surface area contributed by atoms with Crippen molar-refractivity contribution in [3.8, 4) is 11.5 Å². The van der Waals surface area contributed by atoms with E-state index in [-0.39, 0.29) is 11.0 Å². The number of morpholine rings is 1. The van der Waals surface area contributed by atoms with Crippen LogP contribution < -0.4 is 19.4 Å². The Morgan fingerprint density at radius 1 is 1.14 bits per heavy atom. The monoisotopic (exact) mass is 406 g/mol. The summed E-state index contributed by atoms with van der Waals surface area (Å²) in [4.78, 5) is 5.31. The van der Waals surface area contributed by atoms with Crippen LogP contribution in [-0.4, -0.2) is 65.3 Å². The summed E-state index contributed by atoms with van der Waals surface area (Å²) >= 11 is 0. The van der Waals surface area contributed by atoms with Crippen molar-refractivity contribution < 1.29 is 27.6 Å². The van der Waals surface area contributed by atoms with E-state index in [4.69, 9.17) is 14.2 Å². The van der Waals surface area contributed by atoms with Crippen molar-refractivity contribution in [3.63, 3.8) is 0 Å². The number of hydrogen-bond donors (Lipinski definition) is 0. The van der Waals surface area contributed by atoms with E-state index < -0.39 is 10.0 Å². The molecule has 0 bridgehead atoms. The van der Waals surface area contributed by atoms with Gasteiger partial charge >= 0.3 is 0 Å². The minimum Gasteiger partial charge on any atom is -0.486 e. The molecule has 1 atom stereocenters. The van der Waals surface area contributed by atoms with Crippen LogP contribution in [0.4, 0.5) is 5.82 Å². The SMILES string of the molecule is CN(C[C@H]1COc2ccccc2O1)c1ccc(S(=O)(=O)N2CCOCC2)c[nH+]1. The molecule has 0 unspecified atom stereocenters. The molecule has 2 aromatic rings. The Kier molecular flexibility index (Phi) is 5.38. The molecule has 0 spiro atoms. The number of ether oxygens (including phenoxy) is 3. The van der Waals surface area contributed by atoms with Gasteiger partial charge in [0.05, 0.1) is 20.3 Å². The molecule has 0 radical (unpaired) electrons. The lowest BCUT2D eigenvalue weighted by Gasteiger charge is -2.27. The van der Waals surface area contributed by atoms with Crippen LogP contribution in [0.3, 0.4) is 0 Å². The van der Waals surface area contributed by atoms with Crippen molar-refractivity contribution in [3.05, 3.63) is 42.6 Å². The number of hydrogen-bond acceptors (Lipinski definition) is 6. The van der Waals surface area contributed by atoms with Crippen LogP contribution in [0.1, 0.15) is 0 Å². The number of fused-ring (bicyclic) bond motifs is 1.